The number of anilines is 1. The van der Waals surface area contributed by atoms with Crippen molar-refractivity contribution in [2.75, 3.05) is 11.9 Å². The minimum atomic E-state index is -1.29. The molecule has 4 atom stereocenters. The van der Waals surface area contributed by atoms with Crippen LogP contribution >= 0.6 is 15.9 Å². The van der Waals surface area contributed by atoms with Crippen LogP contribution in [0.15, 0.2) is 46.9 Å². The highest BCUT2D eigenvalue weighted by Gasteiger charge is 2.70. The number of phenolic OH excluding ortho intramolecular Hbond substituents is 1. The number of hydrogen-bond donors (Lipinski definition) is 3. The molecule has 7 nitrogen and oxygen atoms in total. The Labute approximate surface area is 194 Å². The molecule has 2 aromatic carbocycles. The van der Waals surface area contributed by atoms with Gasteiger partial charge in [-0.2, -0.15) is 0 Å². The number of carbonyl (C=O) groups excluding carboxylic acids is 3. The molecule has 0 aliphatic carbocycles. The van der Waals surface area contributed by atoms with Crippen molar-refractivity contribution in [1.82, 2.24) is 10.2 Å². The number of nitrogens with one attached hydrogen (secondary N) is 2. The molecule has 0 radical (unpaired) electrons. The minimum absolute atomic E-state index is 0.161. The normalized spacial score (nSPS) is 28.4. The number of unbranched alkanes of at least 4 members (excludes halogenated alkanes) is 1. The second-order valence-corrected chi connectivity index (χ2v) is 9.67. The molecule has 1 spiro atoms. The third kappa shape index (κ3) is 3.00. The van der Waals surface area contributed by atoms with Crippen LogP contribution in [0.2, 0.25) is 0 Å². The molecule has 3 aliphatic heterocycles. The second-order valence-electron chi connectivity index (χ2n) is 8.76. The van der Waals surface area contributed by atoms with Crippen LogP contribution in [-0.2, 0) is 26.3 Å². The van der Waals surface area contributed by atoms with Crippen molar-refractivity contribution >= 4 is 39.3 Å². The third-order valence-corrected chi connectivity index (χ3v) is 7.39. The molecule has 32 heavy (non-hydrogen) atoms. The molecule has 3 aliphatic rings. The summed E-state index contributed by atoms with van der Waals surface area (Å²) in [4.78, 5) is 41.8. The van der Waals surface area contributed by atoms with E-state index in [0.29, 0.717) is 24.2 Å². The standard InChI is InChI=1S/C24H24BrN3O4/c1-2-3-10-28-21(30)19-18(11-13-4-7-15(29)8-5-13)27-24(20(19)22(28)31)16-12-14(25)6-9-17(16)26-23(24)32/h4-9,12,18-20,27,29H,2-3,10-11H2,1H3,(H,26,32)/t18?,19-,20+,24?/m1/s1. The average molecular weight is 498 g/mol. The average Bonchev–Trinajstić information content (AvgIpc) is 3.34. The summed E-state index contributed by atoms with van der Waals surface area (Å²) in [5, 5.41) is 16.0. The molecule has 3 heterocycles. The van der Waals surface area contributed by atoms with E-state index in [1.807, 2.05) is 25.1 Å². The molecule has 0 aromatic heterocycles. The molecule has 3 N–H and O–H groups in total. The highest BCUT2D eigenvalue weighted by molar-refractivity contribution is 9.10. The predicted molar refractivity (Wildman–Crippen MR) is 122 cm³/mol. The summed E-state index contributed by atoms with van der Waals surface area (Å²) in [7, 11) is 0. The number of fused-ring (bicyclic) bond motifs is 4. The Hall–Kier alpha value is -2.71. The highest BCUT2D eigenvalue weighted by atomic mass is 79.9. The zero-order chi connectivity index (χ0) is 22.6. The monoisotopic (exact) mass is 497 g/mol. The summed E-state index contributed by atoms with van der Waals surface area (Å²) in [5.74, 6) is -2.06. The summed E-state index contributed by atoms with van der Waals surface area (Å²) < 4.78 is 0.798. The maximum Gasteiger partial charge on any atom is 0.250 e. The number of imide groups is 1. The first-order chi connectivity index (χ1) is 15.4. The topological polar surface area (TPSA) is 98.7 Å². The van der Waals surface area contributed by atoms with E-state index in [4.69, 9.17) is 0 Å². The molecule has 2 unspecified atom stereocenters. The van der Waals surface area contributed by atoms with Gasteiger partial charge in [0.05, 0.1) is 11.8 Å². The first-order valence-electron chi connectivity index (χ1n) is 10.9. The van der Waals surface area contributed by atoms with Crippen molar-refractivity contribution < 1.29 is 19.5 Å². The second kappa shape index (κ2) is 7.71. The number of nitrogens with zero attached hydrogens (tertiary/aromatic N) is 1. The summed E-state index contributed by atoms with van der Waals surface area (Å²) in [6.07, 6.45) is 2.05. The van der Waals surface area contributed by atoms with E-state index in [-0.39, 0.29) is 23.5 Å². The van der Waals surface area contributed by atoms with Crippen molar-refractivity contribution in [3.8, 4) is 5.75 Å². The smallest absolute Gasteiger partial charge is 0.250 e. The molecular formula is C24H24BrN3O4. The zero-order valence-corrected chi connectivity index (χ0v) is 19.2. The fraction of sp³-hybridized carbons (Fsp3) is 0.375. The lowest BCUT2D eigenvalue weighted by molar-refractivity contribution is -0.142. The zero-order valence-electron chi connectivity index (χ0n) is 17.6. The van der Waals surface area contributed by atoms with Gasteiger partial charge in [0.15, 0.2) is 0 Å². The Morgan fingerprint density at radius 1 is 1.09 bits per heavy atom. The van der Waals surface area contributed by atoms with Gasteiger partial charge in [-0.25, -0.2) is 0 Å². The molecule has 0 saturated carbocycles. The van der Waals surface area contributed by atoms with Gasteiger partial charge in [0, 0.05) is 28.3 Å². The van der Waals surface area contributed by atoms with Gasteiger partial charge in [-0.3, -0.25) is 24.6 Å². The minimum Gasteiger partial charge on any atom is -0.508 e. The summed E-state index contributed by atoms with van der Waals surface area (Å²) >= 11 is 3.48. The van der Waals surface area contributed by atoms with Crippen LogP contribution in [0.5, 0.6) is 5.75 Å². The first kappa shape index (κ1) is 21.2. The van der Waals surface area contributed by atoms with Crippen molar-refractivity contribution in [3.63, 3.8) is 0 Å². The Bertz CT molecular complexity index is 1120. The van der Waals surface area contributed by atoms with Gasteiger partial charge in [0.1, 0.15) is 11.3 Å². The number of amides is 3. The van der Waals surface area contributed by atoms with E-state index in [2.05, 4.69) is 26.6 Å². The Balaban J connectivity index is 1.61. The molecule has 5 rings (SSSR count). The van der Waals surface area contributed by atoms with Gasteiger partial charge >= 0.3 is 0 Å². The van der Waals surface area contributed by atoms with Crippen LogP contribution in [0, 0.1) is 11.8 Å². The Morgan fingerprint density at radius 3 is 2.56 bits per heavy atom. The molecule has 8 heteroatoms. The van der Waals surface area contributed by atoms with E-state index < -0.39 is 23.4 Å². The van der Waals surface area contributed by atoms with Crippen LogP contribution in [0.25, 0.3) is 0 Å². The Morgan fingerprint density at radius 2 is 1.84 bits per heavy atom. The van der Waals surface area contributed by atoms with Crippen LogP contribution in [-0.4, -0.2) is 40.3 Å². The van der Waals surface area contributed by atoms with E-state index >= 15 is 0 Å². The van der Waals surface area contributed by atoms with E-state index in [1.54, 1.807) is 24.3 Å². The number of rotatable bonds is 5. The van der Waals surface area contributed by atoms with Gasteiger partial charge in [-0.1, -0.05) is 41.4 Å². The lowest BCUT2D eigenvalue weighted by Crippen LogP contribution is -2.53. The molecular weight excluding hydrogens is 474 g/mol. The van der Waals surface area contributed by atoms with Crippen molar-refractivity contribution in [1.29, 1.82) is 0 Å². The number of carbonyl (C=O) groups is 3. The van der Waals surface area contributed by atoms with Crippen molar-refractivity contribution in [2.45, 2.75) is 37.8 Å². The number of halogens is 1. The van der Waals surface area contributed by atoms with Gasteiger partial charge in [-0.15, -0.1) is 0 Å². The van der Waals surface area contributed by atoms with Gasteiger partial charge in [0.25, 0.3) is 0 Å². The van der Waals surface area contributed by atoms with Crippen LogP contribution in [0.4, 0.5) is 5.69 Å². The number of likely N-dealkylation sites (tertiary alicyclic amines) is 1. The summed E-state index contributed by atoms with van der Waals surface area (Å²) in [6, 6.07) is 11.9. The predicted octanol–water partition coefficient (Wildman–Crippen LogP) is 2.92. The molecule has 0 bridgehead atoms. The van der Waals surface area contributed by atoms with Crippen LogP contribution in [0.1, 0.15) is 30.9 Å². The van der Waals surface area contributed by atoms with Crippen LogP contribution in [0.3, 0.4) is 0 Å². The van der Waals surface area contributed by atoms with Crippen LogP contribution < -0.4 is 10.6 Å². The fourth-order valence-electron chi connectivity index (χ4n) is 5.43. The molecule has 166 valence electrons. The largest absolute Gasteiger partial charge is 0.508 e. The first-order valence-corrected chi connectivity index (χ1v) is 11.7. The quantitative estimate of drug-likeness (QED) is 0.551. The van der Waals surface area contributed by atoms with E-state index in [1.165, 1.54) is 4.90 Å². The molecule has 2 fully saturated rings. The fourth-order valence-corrected chi connectivity index (χ4v) is 5.79. The van der Waals surface area contributed by atoms with E-state index in [9.17, 15) is 19.5 Å². The number of aromatic hydroxyl groups is 1. The lowest BCUT2D eigenvalue weighted by atomic mass is 9.76. The van der Waals surface area contributed by atoms with Crippen molar-refractivity contribution in [2.24, 2.45) is 11.8 Å². The molecule has 2 saturated heterocycles. The number of phenols is 1. The molecule has 3 amide bonds. The number of benzene rings is 2. The Kier molecular flexibility index (Phi) is 5.09. The summed E-state index contributed by atoms with van der Waals surface area (Å²) in [6.45, 7) is 2.39. The number of hydrogen-bond acceptors (Lipinski definition) is 5. The lowest BCUT2D eigenvalue weighted by Gasteiger charge is -2.29. The van der Waals surface area contributed by atoms with Gasteiger partial charge < -0.3 is 10.4 Å². The SMILES string of the molecule is CCCCN1C(=O)[C@@H]2C(Cc3ccc(O)cc3)NC3(C(=O)Nc4ccc(Br)cc43)[C@@H]2C1=O. The molecule has 2 aromatic rings. The van der Waals surface area contributed by atoms with Gasteiger partial charge in [-0.05, 0) is 48.7 Å². The third-order valence-electron chi connectivity index (χ3n) is 6.90. The maximum absolute atomic E-state index is 13.6. The van der Waals surface area contributed by atoms with Gasteiger partial charge in [0.2, 0.25) is 17.7 Å². The van der Waals surface area contributed by atoms with E-state index in [0.717, 1.165) is 22.9 Å². The maximum atomic E-state index is 13.6. The highest BCUT2D eigenvalue weighted by Crippen LogP contribution is 2.53. The summed E-state index contributed by atoms with van der Waals surface area (Å²) in [5.41, 5.74) is 0.968. The van der Waals surface area contributed by atoms with Crippen molar-refractivity contribution in [3.05, 3.63) is 58.1 Å².